The van der Waals surface area contributed by atoms with Crippen LogP contribution < -0.4 is 10.9 Å². The van der Waals surface area contributed by atoms with Crippen molar-refractivity contribution in [3.8, 4) is 22.3 Å². The molecule has 0 saturated heterocycles. The van der Waals surface area contributed by atoms with Crippen molar-refractivity contribution in [1.29, 1.82) is 0 Å². The number of halogens is 1. The van der Waals surface area contributed by atoms with Crippen LogP contribution >= 0.6 is 11.6 Å². The molecule has 6 rings (SSSR count). The summed E-state index contributed by atoms with van der Waals surface area (Å²) < 4.78 is 13.4. The van der Waals surface area contributed by atoms with Crippen molar-refractivity contribution >= 4 is 34.6 Å². The first-order chi connectivity index (χ1) is 22.9. The number of hydrogen-bond donors (Lipinski definition) is 2. The van der Waals surface area contributed by atoms with Crippen LogP contribution in [0.4, 0.5) is 4.79 Å². The molecule has 246 valence electrons. The van der Waals surface area contributed by atoms with Gasteiger partial charge in [-0.05, 0) is 90.9 Å². The standard InChI is InChI=1S/C39H37ClN2O6/c1-23-21-32-30(35(24-13-15-25(40)16-14-24)34(23)36(37(44)45)48-39(2,3)4)17-18-33(43)42(32)20-19-41-38(46)47-22-31-28-11-7-5-9-26(28)27-10-6-8-12-29(27)31/h5-18,21,31,36H,19-20,22H2,1-4H3,(H,41,46)(H,44,45)/t36-/m0/s1. The number of fused-ring (bicyclic) bond motifs is 4. The molecule has 0 aliphatic heterocycles. The third-order valence-electron chi connectivity index (χ3n) is 8.58. The summed E-state index contributed by atoms with van der Waals surface area (Å²) in [7, 11) is 0. The van der Waals surface area contributed by atoms with E-state index in [0.29, 0.717) is 32.6 Å². The van der Waals surface area contributed by atoms with Crippen LogP contribution in [0.3, 0.4) is 0 Å². The van der Waals surface area contributed by atoms with E-state index in [9.17, 15) is 19.5 Å². The number of rotatable bonds is 9. The Kier molecular flexibility index (Phi) is 9.14. The molecule has 0 unspecified atom stereocenters. The number of benzene rings is 4. The summed E-state index contributed by atoms with van der Waals surface area (Å²) in [4.78, 5) is 38.8. The maximum Gasteiger partial charge on any atom is 0.407 e. The van der Waals surface area contributed by atoms with E-state index >= 15 is 0 Å². The minimum atomic E-state index is -1.27. The van der Waals surface area contributed by atoms with E-state index in [1.807, 2.05) is 64.1 Å². The van der Waals surface area contributed by atoms with E-state index in [-0.39, 0.29) is 31.2 Å². The molecular formula is C39H37ClN2O6. The Hall–Kier alpha value is -4.92. The van der Waals surface area contributed by atoms with Crippen molar-refractivity contribution in [2.75, 3.05) is 13.2 Å². The lowest BCUT2D eigenvalue weighted by Crippen LogP contribution is -2.32. The number of nitrogens with zero attached hydrogens (tertiary/aromatic N) is 1. The number of aliphatic carboxylic acids is 1. The lowest BCUT2D eigenvalue weighted by molar-refractivity contribution is -0.160. The molecule has 1 aromatic heterocycles. The normalized spacial score (nSPS) is 13.2. The summed E-state index contributed by atoms with van der Waals surface area (Å²) in [6.07, 6.45) is -1.84. The minimum absolute atomic E-state index is 0.0656. The van der Waals surface area contributed by atoms with Gasteiger partial charge in [0.15, 0.2) is 6.10 Å². The van der Waals surface area contributed by atoms with Crippen LogP contribution in [0.25, 0.3) is 33.2 Å². The Labute approximate surface area is 283 Å². The predicted octanol–water partition coefficient (Wildman–Crippen LogP) is 8.11. The first-order valence-electron chi connectivity index (χ1n) is 15.9. The Balaban J connectivity index is 1.27. The zero-order valence-corrected chi connectivity index (χ0v) is 28.0. The smallest absolute Gasteiger partial charge is 0.407 e. The number of alkyl carbamates (subject to hydrolysis) is 1. The van der Waals surface area contributed by atoms with Gasteiger partial charge in [-0.2, -0.15) is 0 Å². The van der Waals surface area contributed by atoms with Gasteiger partial charge in [0.2, 0.25) is 0 Å². The van der Waals surface area contributed by atoms with Gasteiger partial charge >= 0.3 is 12.1 Å². The second-order valence-corrected chi connectivity index (χ2v) is 13.4. The highest BCUT2D eigenvalue weighted by Gasteiger charge is 2.32. The van der Waals surface area contributed by atoms with Gasteiger partial charge < -0.3 is 24.5 Å². The number of carbonyl (C=O) groups is 2. The van der Waals surface area contributed by atoms with Crippen molar-refractivity contribution in [1.82, 2.24) is 9.88 Å². The summed E-state index contributed by atoms with van der Waals surface area (Å²) in [5.41, 5.74) is 6.64. The minimum Gasteiger partial charge on any atom is -0.479 e. The van der Waals surface area contributed by atoms with Gasteiger partial charge in [-0.25, -0.2) is 9.59 Å². The summed E-state index contributed by atoms with van der Waals surface area (Å²) in [6, 6.07) is 28.4. The van der Waals surface area contributed by atoms with Gasteiger partial charge in [0, 0.05) is 41.0 Å². The van der Waals surface area contributed by atoms with Gasteiger partial charge in [-0.3, -0.25) is 4.79 Å². The maximum atomic E-state index is 13.2. The van der Waals surface area contributed by atoms with Gasteiger partial charge in [0.05, 0.1) is 11.1 Å². The second kappa shape index (κ2) is 13.3. The Bertz CT molecular complexity index is 2030. The van der Waals surface area contributed by atoms with Crippen LogP contribution in [0, 0.1) is 6.92 Å². The molecule has 0 fully saturated rings. The Morgan fingerprint density at radius 1 is 0.938 bits per heavy atom. The largest absolute Gasteiger partial charge is 0.479 e. The summed E-state index contributed by atoms with van der Waals surface area (Å²) >= 11 is 6.21. The number of aryl methyl sites for hydroxylation is 1. The molecule has 1 atom stereocenters. The highest BCUT2D eigenvalue weighted by molar-refractivity contribution is 6.30. The molecule has 1 aliphatic carbocycles. The van der Waals surface area contributed by atoms with Gasteiger partial charge in [-0.1, -0.05) is 72.3 Å². The number of amides is 1. The third kappa shape index (κ3) is 6.59. The monoisotopic (exact) mass is 664 g/mol. The lowest BCUT2D eigenvalue weighted by Gasteiger charge is -2.29. The van der Waals surface area contributed by atoms with E-state index in [4.69, 9.17) is 21.1 Å². The second-order valence-electron chi connectivity index (χ2n) is 12.9. The van der Waals surface area contributed by atoms with E-state index in [0.717, 1.165) is 27.8 Å². The van der Waals surface area contributed by atoms with Crippen LogP contribution in [0.1, 0.15) is 55.0 Å². The maximum absolute atomic E-state index is 13.2. The number of carbonyl (C=O) groups excluding carboxylic acids is 1. The zero-order chi connectivity index (χ0) is 34.2. The van der Waals surface area contributed by atoms with Gasteiger partial charge in [0.25, 0.3) is 5.56 Å². The fourth-order valence-corrected chi connectivity index (χ4v) is 6.71. The van der Waals surface area contributed by atoms with Crippen molar-refractivity contribution in [2.45, 2.75) is 51.9 Å². The summed E-state index contributed by atoms with van der Waals surface area (Å²) in [5, 5.41) is 14.3. The van der Waals surface area contributed by atoms with E-state index in [1.165, 1.54) is 6.07 Å². The quantitative estimate of drug-likeness (QED) is 0.165. The first kappa shape index (κ1) is 33.0. The van der Waals surface area contributed by atoms with Crippen molar-refractivity contribution < 1.29 is 24.2 Å². The lowest BCUT2D eigenvalue weighted by atomic mass is 9.88. The molecule has 0 bridgehead atoms. The molecule has 1 amide bonds. The number of ether oxygens (including phenoxy) is 2. The van der Waals surface area contributed by atoms with Crippen molar-refractivity contribution in [3.63, 3.8) is 0 Å². The van der Waals surface area contributed by atoms with Gasteiger partial charge in [0.1, 0.15) is 6.61 Å². The molecule has 48 heavy (non-hydrogen) atoms. The zero-order valence-electron chi connectivity index (χ0n) is 27.2. The Morgan fingerprint density at radius 3 is 2.17 bits per heavy atom. The van der Waals surface area contributed by atoms with Crippen LogP contribution in [0.15, 0.2) is 95.8 Å². The molecule has 9 heteroatoms. The predicted molar refractivity (Wildman–Crippen MR) is 188 cm³/mol. The van der Waals surface area contributed by atoms with Gasteiger partial charge in [-0.15, -0.1) is 0 Å². The number of aromatic nitrogens is 1. The third-order valence-corrected chi connectivity index (χ3v) is 8.83. The van der Waals surface area contributed by atoms with Crippen LogP contribution in [-0.4, -0.2) is 40.5 Å². The average molecular weight is 665 g/mol. The molecule has 8 nitrogen and oxygen atoms in total. The Morgan fingerprint density at radius 2 is 1.56 bits per heavy atom. The SMILES string of the molecule is Cc1cc2c(ccc(=O)n2CCNC(=O)OCC2c3ccccc3-c3ccccc32)c(-c2ccc(Cl)cc2)c1[C@H](OC(C)(C)C)C(=O)O. The number of hydrogen-bond acceptors (Lipinski definition) is 5. The van der Waals surface area contributed by atoms with E-state index < -0.39 is 23.8 Å². The van der Waals surface area contributed by atoms with Crippen molar-refractivity contribution in [2.24, 2.45) is 0 Å². The number of pyridine rings is 1. The summed E-state index contributed by atoms with van der Waals surface area (Å²) in [5.74, 6) is -1.19. The highest BCUT2D eigenvalue weighted by Crippen LogP contribution is 2.44. The fourth-order valence-electron chi connectivity index (χ4n) is 6.59. The number of carboxylic acids is 1. The number of nitrogens with one attached hydrogen (secondary N) is 1. The van der Waals surface area contributed by atoms with Crippen molar-refractivity contribution in [3.05, 3.63) is 129 Å². The summed E-state index contributed by atoms with van der Waals surface area (Å²) in [6.45, 7) is 7.72. The molecule has 2 N–H and O–H groups in total. The molecule has 1 heterocycles. The molecule has 4 aromatic carbocycles. The average Bonchev–Trinajstić information content (AvgIpc) is 3.37. The van der Waals surface area contributed by atoms with Crippen LogP contribution in [-0.2, 0) is 20.8 Å². The molecule has 0 radical (unpaired) electrons. The molecule has 1 aliphatic rings. The van der Waals surface area contributed by atoms with Crippen LogP contribution in [0.2, 0.25) is 5.02 Å². The van der Waals surface area contributed by atoms with E-state index in [1.54, 1.807) is 28.8 Å². The molecular weight excluding hydrogens is 628 g/mol. The molecule has 0 spiro atoms. The first-order valence-corrected chi connectivity index (χ1v) is 16.2. The number of carboxylic acid groups (broad SMARTS) is 1. The highest BCUT2D eigenvalue weighted by atomic mass is 35.5. The fraction of sp³-hybridized carbons (Fsp3) is 0.256. The van der Waals surface area contributed by atoms with Crippen LogP contribution in [0.5, 0.6) is 0 Å². The topological polar surface area (TPSA) is 107 Å². The van der Waals surface area contributed by atoms with E-state index in [2.05, 4.69) is 29.6 Å². The molecule has 5 aromatic rings. The molecule has 0 saturated carbocycles.